The van der Waals surface area contributed by atoms with Gasteiger partial charge >= 0.3 is 5.69 Å². The van der Waals surface area contributed by atoms with E-state index in [1.807, 2.05) is 0 Å². The highest BCUT2D eigenvalue weighted by Crippen LogP contribution is 2.25. The lowest BCUT2D eigenvalue weighted by Gasteiger charge is -2.04. The number of aromatic nitrogens is 5. The van der Waals surface area contributed by atoms with E-state index in [0.717, 1.165) is 0 Å². The Hall–Kier alpha value is -3.61. The van der Waals surface area contributed by atoms with Crippen molar-refractivity contribution in [3.63, 3.8) is 0 Å². The Morgan fingerprint density at radius 1 is 1.17 bits per heavy atom. The summed E-state index contributed by atoms with van der Waals surface area (Å²) >= 11 is 1.26. The lowest BCUT2D eigenvalue weighted by Crippen LogP contribution is -2.02. The largest absolute Gasteiger partial charge is 0.312 e. The summed E-state index contributed by atoms with van der Waals surface area (Å²) in [6.07, 6.45) is 1.47. The SMILES string of the molecule is Cc1nn(CSc2nnc(C)n2N=Cc2cccc([N+](=O)[O-])c2)c(C)c1[N+](=O)[O-]. The van der Waals surface area contributed by atoms with E-state index < -0.39 is 9.85 Å². The summed E-state index contributed by atoms with van der Waals surface area (Å²) in [7, 11) is 0. The third kappa shape index (κ3) is 4.29. The molecule has 0 unspecified atom stereocenters. The van der Waals surface area contributed by atoms with Crippen molar-refractivity contribution in [3.8, 4) is 0 Å². The van der Waals surface area contributed by atoms with Gasteiger partial charge < -0.3 is 0 Å². The van der Waals surface area contributed by atoms with Crippen molar-refractivity contribution in [2.75, 3.05) is 0 Å². The standard InChI is InChI=1S/C16H16N8O4S/c1-10-15(24(27)28)11(2)21(20-10)9-29-16-19-18-12(3)22(16)17-8-13-5-4-6-14(7-13)23(25)26/h4-8H,9H2,1-3H3. The molecular weight excluding hydrogens is 400 g/mol. The van der Waals surface area contributed by atoms with Crippen LogP contribution in [-0.4, -0.2) is 40.7 Å². The fraction of sp³-hybridized carbons (Fsp3) is 0.250. The van der Waals surface area contributed by atoms with Crippen LogP contribution in [0, 0.1) is 41.0 Å². The zero-order valence-electron chi connectivity index (χ0n) is 15.7. The molecule has 29 heavy (non-hydrogen) atoms. The monoisotopic (exact) mass is 416 g/mol. The Kier molecular flexibility index (Phi) is 5.68. The van der Waals surface area contributed by atoms with Gasteiger partial charge in [0, 0.05) is 17.7 Å². The second kappa shape index (κ2) is 8.18. The highest BCUT2D eigenvalue weighted by atomic mass is 32.2. The van der Waals surface area contributed by atoms with Gasteiger partial charge in [0.1, 0.15) is 11.4 Å². The molecule has 0 aliphatic rings. The second-order valence-electron chi connectivity index (χ2n) is 5.99. The normalized spacial score (nSPS) is 11.3. The lowest BCUT2D eigenvalue weighted by atomic mass is 10.2. The maximum Gasteiger partial charge on any atom is 0.312 e. The van der Waals surface area contributed by atoms with Gasteiger partial charge in [-0.15, -0.1) is 10.2 Å². The topological polar surface area (TPSA) is 147 Å². The van der Waals surface area contributed by atoms with E-state index in [4.69, 9.17) is 0 Å². The molecule has 3 rings (SSSR count). The van der Waals surface area contributed by atoms with Crippen LogP contribution in [0.3, 0.4) is 0 Å². The smallest absolute Gasteiger partial charge is 0.258 e. The Balaban J connectivity index is 1.80. The Bertz CT molecular complexity index is 1120. The van der Waals surface area contributed by atoms with Gasteiger partial charge in [-0.1, -0.05) is 23.9 Å². The van der Waals surface area contributed by atoms with Crippen LogP contribution in [0.5, 0.6) is 0 Å². The number of thioether (sulfide) groups is 1. The van der Waals surface area contributed by atoms with Gasteiger partial charge in [0.25, 0.3) is 5.69 Å². The molecule has 0 aliphatic carbocycles. The molecule has 0 radical (unpaired) electrons. The Morgan fingerprint density at radius 3 is 2.59 bits per heavy atom. The lowest BCUT2D eigenvalue weighted by molar-refractivity contribution is -0.386. The summed E-state index contributed by atoms with van der Waals surface area (Å²) in [5, 5.41) is 39.0. The minimum atomic E-state index is -0.476. The van der Waals surface area contributed by atoms with Crippen molar-refractivity contribution in [2.24, 2.45) is 5.10 Å². The van der Waals surface area contributed by atoms with Crippen LogP contribution in [0.4, 0.5) is 11.4 Å². The molecule has 0 bridgehead atoms. The summed E-state index contributed by atoms with van der Waals surface area (Å²) in [4.78, 5) is 21.1. The second-order valence-corrected chi connectivity index (χ2v) is 6.90. The number of non-ortho nitro benzene ring substituents is 1. The zero-order chi connectivity index (χ0) is 21.1. The molecule has 13 heteroatoms. The molecule has 0 spiro atoms. The third-order valence-corrected chi connectivity index (χ3v) is 4.90. The molecule has 1 aromatic carbocycles. The average Bonchev–Trinajstić information content (AvgIpc) is 3.16. The molecule has 3 aromatic rings. The van der Waals surface area contributed by atoms with Crippen LogP contribution in [0.2, 0.25) is 0 Å². The fourth-order valence-electron chi connectivity index (χ4n) is 2.60. The van der Waals surface area contributed by atoms with Gasteiger partial charge in [0.15, 0.2) is 5.82 Å². The number of nitro benzene ring substituents is 1. The molecule has 0 aliphatic heterocycles. The van der Waals surface area contributed by atoms with E-state index in [-0.39, 0.29) is 17.3 Å². The number of nitro groups is 2. The summed E-state index contributed by atoms with van der Waals surface area (Å²) in [5.41, 5.74) is 1.30. The maximum atomic E-state index is 11.1. The van der Waals surface area contributed by atoms with Gasteiger partial charge in [-0.25, -0.2) is 0 Å². The van der Waals surface area contributed by atoms with E-state index in [0.29, 0.717) is 27.9 Å². The van der Waals surface area contributed by atoms with Gasteiger partial charge in [0.2, 0.25) is 5.16 Å². The van der Waals surface area contributed by atoms with Gasteiger partial charge in [-0.3, -0.25) is 24.9 Å². The molecule has 150 valence electrons. The van der Waals surface area contributed by atoms with Crippen LogP contribution in [0.15, 0.2) is 34.5 Å². The number of rotatable bonds is 7. The number of aryl methyl sites for hydroxylation is 2. The van der Waals surface area contributed by atoms with Crippen LogP contribution < -0.4 is 0 Å². The van der Waals surface area contributed by atoms with E-state index in [2.05, 4.69) is 20.4 Å². The minimum Gasteiger partial charge on any atom is -0.258 e. The fourth-order valence-corrected chi connectivity index (χ4v) is 3.49. The van der Waals surface area contributed by atoms with Crippen LogP contribution in [0.1, 0.15) is 22.8 Å². The summed E-state index contributed by atoms with van der Waals surface area (Å²) in [6.45, 7) is 4.94. The van der Waals surface area contributed by atoms with Crippen molar-refractivity contribution in [1.82, 2.24) is 24.7 Å². The van der Waals surface area contributed by atoms with E-state index in [9.17, 15) is 20.2 Å². The Morgan fingerprint density at radius 2 is 1.93 bits per heavy atom. The van der Waals surface area contributed by atoms with Crippen molar-refractivity contribution >= 4 is 29.4 Å². The number of nitrogens with zero attached hydrogens (tertiary/aromatic N) is 8. The summed E-state index contributed by atoms with van der Waals surface area (Å²) < 4.78 is 3.01. The summed E-state index contributed by atoms with van der Waals surface area (Å²) in [6, 6.07) is 6.07. The van der Waals surface area contributed by atoms with Crippen molar-refractivity contribution in [3.05, 3.63) is 67.3 Å². The molecule has 0 fully saturated rings. The molecule has 0 saturated heterocycles. The highest BCUT2D eigenvalue weighted by molar-refractivity contribution is 7.98. The van der Waals surface area contributed by atoms with Crippen LogP contribution in [0.25, 0.3) is 0 Å². The first-order valence-corrected chi connectivity index (χ1v) is 9.28. The first-order chi connectivity index (χ1) is 13.8. The van der Waals surface area contributed by atoms with Crippen LogP contribution in [-0.2, 0) is 5.88 Å². The predicted octanol–water partition coefficient (Wildman–Crippen LogP) is 2.85. The van der Waals surface area contributed by atoms with Crippen molar-refractivity contribution in [1.29, 1.82) is 0 Å². The van der Waals surface area contributed by atoms with Gasteiger partial charge in [-0.2, -0.15) is 14.9 Å². The summed E-state index contributed by atoms with van der Waals surface area (Å²) in [5.74, 6) is 0.805. The molecule has 2 heterocycles. The quantitative estimate of drug-likeness (QED) is 0.247. The van der Waals surface area contributed by atoms with E-state index >= 15 is 0 Å². The van der Waals surface area contributed by atoms with E-state index in [1.54, 1.807) is 32.9 Å². The number of hydrogen-bond donors (Lipinski definition) is 0. The molecular formula is C16H16N8O4S. The Labute approximate surface area is 168 Å². The van der Waals surface area contributed by atoms with E-state index in [1.165, 1.54) is 39.5 Å². The first kappa shape index (κ1) is 20.1. The maximum absolute atomic E-state index is 11.1. The number of benzene rings is 1. The third-order valence-electron chi connectivity index (χ3n) is 4.01. The molecule has 2 aromatic heterocycles. The van der Waals surface area contributed by atoms with Gasteiger partial charge in [0.05, 0.1) is 21.9 Å². The van der Waals surface area contributed by atoms with Crippen molar-refractivity contribution in [2.45, 2.75) is 31.8 Å². The molecule has 0 amide bonds. The molecule has 0 N–H and O–H groups in total. The van der Waals surface area contributed by atoms with Gasteiger partial charge in [-0.05, 0) is 20.8 Å². The molecule has 0 atom stereocenters. The zero-order valence-corrected chi connectivity index (χ0v) is 16.5. The molecule has 12 nitrogen and oxygen atoms in total. The highest BCUT2D eigenvalue weighted by Gasteiger charge is 2.22. The molecule has 0 saturated carbocycles. The predicted molar refractivity (Wildman–Crippen MR) is 105 cm³/mol. The average molecular weight is 416 g/mol. The number of hydrogen-bond acceptors (Lipinski definition) is 9. The first-order valence-electron chi connectivity index (χ1n) is 8.30. The minimum absolute atomic E-state index is 0.00746. The van der Waals surface area contributed by atoms with Crippen LogP contribution >= 0.6 is 11.8 Å². The van der Waals surface area contributed by atoms with Crippen molar-refractivity contribution < 1.29 is 9.85 Å².